The summed E-state index contributed by atoms with van der Waals surface area (Å²) in [4.78, 5) is 2.16. The van der Waals surface area contributed by atoms with Crippen LogP contribution in [-0.4, -0.2) is 31.6 Å². The van der Waals surface area contributed by atoms with Gasteiger partial charge in [-0.1, -0.05) is 6.92 Å². The zero-order valence-electron chi connectivity index (χ0n) is 6.72. The van der Waals surface area contributed by atoms with Crippen molar-refractivity contribution in [1.82, 2.24) is 4.90 Å². The van der Waals surface area contributed by atoms with E-state index in [1.165, 1.54) is 0 Å². The zero-order chi connectivity index (χ0) is 7.28. The van der Waals surface area contributed by atoms with Crippen LogP contribution in [0.2, 0.25) is 0 Å². The monoisotopic (exact) mass is 130 g/mol. The summed E-state index contributed by atoms with van der Waals surface area (Å²) in [5.41, 5.74) is 5.69. The Kier molecular flexibility index (Phi) is 4.72. The topological polar surface area (TPSA) is 29.3 Å². The van der Waals surface area contributed by atoms with Gasteiger partial charge in [0.1, 0.15) is 0 Å². The molecule has 1 atom stereocenters. The predicted molar refractivity (Wildman–Crippen MR) is 41.4 cm³/mol. The SMILES string of the molecule is CC[C@H](N)CCN(C)C. The molecule has 0 amide bonds. The van der Waals surface area contributed by atoms with Crippen molar-refractivity contribution in [3.63, 3.8) is 0 Å². The van der Waals surface area contributed by atoms with Gasteiger partial charge in [-0.25, -0.2) is 0 Å². The molecule has 0 aliphatic rings. The first-order valence-corrected chi connectivity index (χ1v) is 3.57. The molecular weight excluding hydrogens is 112 g/mol. The van der Waals surface area contributed by atoms with Crippen LogP contribution < -0.4 is 5.73 Å². The summed E-state index contributed by atoms with van der Waals surface area (Å²) in [5.74, 6) is 0. The van der Waals surface area contributed by atoms with E-state index in [-0.39, 0.29) is 0 Å². The Bertz CT molecular complexity index is 61.9. The number of nitrogens with two attached hydrogens (primary N) is 1. The minimum Gasteiger partial charge on any atom is -0.328 e. The molecule has 0 saturated carbocycles. The van der Waals surface area contributed by atoms with Crippen LogP contribution in [0.1, 0.15) is 19.8 Å². The van der Waals surface area contributed by atoms with Crippen LogP contribution in [0.4, 0.5) is 0 Å². The van der Waals surface area contributed by atoms with Crippen LogP contribution in [-0.2, 0) is 0 Å². The van der Waals surface area contributed by atoms with Crippen LogP contribution in [0.5, 0.6) is 0 Å². The molecule has 0 heterocycles. The van der Waals surface area contributed by atoms with Crippen LogP contribution in [0.15, 0.2) is 0 Å². The predicted octanol–water partition coefficient (Wildman–Crippen LogP) is 0.675. The van der Waals surface area contributed by atoms with Crippen molar-refractivity contribution in [3.8, 4) is 0 Å². The maximum Gasteiger partial charge on any atom is 0.00483 e. The normalized spacial score (nSPS) is 14.3. The van der Waals surface area contributed by atoms with Crippen molar-refractivity contribution < 1.29 is 0 Å². The highest BCUT2D eigenvalue weighted by molar-refractivity contribution is 4.59. The van der Waals surface area contributed by atoms with E-state index in [4.69, 9.17) is 5.73 Å². The van der Waals surface area contributed by atoms with Crippen molar-refractivity contribution in [2.45, 2.75) is 25.8 Å². The maximum atomic E-state index is 5.69. The zero-order valence-corrected chi connectivity index (χ0v) is 6.72. The van der Waals surface area contributed by atoms with Crippen LogP contribution >= 0.6 is 0 Å². The van der Waals surface area contributed by atoms with E-state index in [2.05, 4.69) is 25.9 Å². The van der Waals surface area contributed by atoms with E-state index in [1.54, 1.807) is 0 Å². The lowest BCUT2D eigenvalue weighted by molar-refractivity contribution is 0.378. The number of rotatable bonds is 4. The van der Waals surface area contributed by atoms with Gasteiger partial charge in [0.2, 0.25) is 0 Å². The summed E-state index contributed by atoms with van der Waals surface area (Å²) in [5, 5.41) is 0. The molecule has 0 aromatic rings. The third-order valence-electron chi connectivity index (χ3n) is 1.47. The van der Waals surface area contributed by atoms with Crippen LogP contribution in [0.25, 0.3) is 0 Å². The molecule has 0 aromatic carbocycles. The molecular formula is C7H18N2. The van der Waals surface area contributed by atoms with Gasteiger partial charge in [0.15, 0.2) is 0 Å². The van der Waals surface area contributed by atoms with Crippen molar-refractivity contribution in [2.75, 3.05) is 20.6 Å². The summed E-state index contributed by atoms with van der Waals surface area (Å²) >= 11 is 0. The van der Waals surface area contributed by atoms with Crippen molar-refractivity contribution in [2.24, 2.45) is 5.73 Å². The summed E-state index contributed by atoms with van der Waals surface area (Å²) in [6, 6.07) is 0.396. The van der Waals surface area contributed by atoms with Crippen molar-refractivity contribution in [1.29, 1.82) is 0 Å². The molecule has 0 radical (unpaired) electrons. The first kappa shape index (κ1) is 8.92. The third-order valence-corrected chi connectivity index (χ3v) is 1.47. The minimum absolute atomic E-state index is 0.396. The van der Waals surface area contributed by atoms with Crippen molar-refractivity contribution >= 4 is 0 Å². The molecule has 0 unspecified atom stereocenters. The Morgan fingerprint density at radius 2 is 2.00 bits per heavy atom. The van der Waals surface area contributed by atoms with Gasteiger partial charge in [0.25, 0.3) is 0 Å². The molecule has 0 spiro atoms. The van der Waals surface area contributed by atoms with Gasteiger partial charge in [-0.15, -0.1) is 0 Å². The van der Waals surface area contributed by atoms with Gasteiger partial charge in [-0.05, 0) is 33.5 Å². The van der Waals surface area contributed by atoms with E-state index in [9.17, 15) is 0 Å². The smallest absolute Gasteiger partial charge is 0.00483 e. The molecule has 2 N–H and O–H groups in total. The molecule has 2 nitrogen and oxygen atoms in total. The molecule has 0 aromatic heterocycles. The molecule has 0 aliphatic carbocycles. The van der Waals surface area contributed by atoms with E-state index < -0.39 is 0 Å². The Labute approximate surface area is 58.0 Å². The number of hydrogen-bond acceptors (Lipinski definition) is 2. The summed E-state index contributed by atoms with van der Waals surface area (Å²) in [6.07, 6.45) is 2.21. The Morgan fingerprint density at radius 3 is 2.33 bits per heavy atom. The number of nitrogens with zero attached hydrogens (tertiary/aromatic N) is 1. The second-order valence-electron chi connectivity index (χ2n) is 2.76. The van der Waals surface area contributed by atoms with E-state index >= 15 is 0 Å². The lowest BCUT2D eigenvalue weighted by Gasteiger charge is -2.12. The summed E-state index contributed by atoms with van der Waals surface area (Å²) in [7, 11) is 4.14. The maximum absolute atomic E-state index is 5.69. The molecule has 9 heavy (non-hydrogen) atoms. The van der Waals surface area contributed by atoms with Crippen molar-refractivity contribution in [3.05, 3.63) is 0 Å². The molecule has 0 saturated heterocycles. The van der Waals surface area contributed by atoms with Gasteiger partial charge in [-0.2, -0.15) is 0 Å². The Balaban J connectivity index is 3.06. The van der Waals surface area contributed by atoms with Gasteiger partial charge in [0, 0.05) is 6.04 Å². The first-order valence-electron chi connectivity index (χ1n) is 3.57. The van der Waals surface area contributed by atoms with Gasteiger partial charge in [0.05, 0.1) is 0 Å². The van der Waals surface area contributed by atoms with E-state index in [0.29, 0.717) is 6.04 Å². The first-order chi connectivity index (χ1) is 4.16. The van der Waals surface area contributed by atoms with Gasteiger partial charge < -0.3 is 10.6 Å². The Morgan fingerprint density at radius 1 is 1.44 bits per heavy atom. The third kappa shape index (κ3) is 5.80. The average molecular weight is 130 g/mol. The number of hydrogen-bond donors (Lipinski definition) is 1. The second kappa shape index (κ2) is 4.77. The fourth-order valence-corrected chi connectivity index (χ4v) is 0.628. The summed E-state index contributed by atoms with van der Waals surface area (Å²) in [6.45, 7) is 3.23. The van der Waals surface area contributed by atoms with Crippen LogP contribution in [0, 0.1) is 0 Å². The molecule has 0 fully saturated rings. The highest BCUT2D eigenvalue weighted by atomic mass is 15.0. The standard InChI is InChI=1S/C7H18N2/c1-4-7(8)5-6-9(2)3/h7H,4-6,8H2,1-3H3/t7-/m0/s1. The molecule has 0 bridgehead atoms. The quantitative estimate of drug-likeness (QED) is 0.606. The lowest BCUT2D eigenvalue weighted by Crippen LogP contribution is -2.25. The molecule has 0 rings (SSSR count). The molecule has 56 valence electrons. The lowest BCUT2D eigenvalue weighted by atomic mass is 10.2. The molecule has 2 heteroatoms. The summed E-state index contributed by atoms with van der Waals surface area (Å²) < 4.78 is 0. The van der Waals surface area contributed by atoms with E-state index in [1.807, 2.05) is 0 Å². The van der Waals surface area contributed by atoms with E-state index in [0.717, 1.165) is 19.4 Å². The largest absolute Gasteiger partial charge is 0.328 e. The fourth-order valence-electron chi connectivity index (χ4n) is 0.628. The highest BCUT2D eigenvalue weighted by Gasteiger charge is 1.97. The minimum atomic E-state index is 0.396. The van der Waals surface area contributed by atoms with Crippen LogP contribution in [0.3, 0.4) is 0 Å². The second-order valence-corrected chi connectivity index (χ2v) is 2.76. The van der Waals surface area contributed by atoms with Gasteiger partial charge >= 0.3 is 0 Å². The van der Waals surface area contributed by atoms with Gasteiger partial charge in [-0.3, -0.25) is 0 Å². The Hall–Kier alpha value is -0.0800. The highest BCUT2D eigenvalue weighted by Crippen LogP contribution is 1.93. The fraction of sp³-hybridized carbons (Fsp3) is 1.00. The molecule has 0 aliphatic heterocycles. The average Bonchev–Trinajstić information content (AvgIpc) is 1.83.